The Bertz CT molecular complexity index is 2100. The fourth-order valence-electron chi connectivity index (χ4n) is 14.3. The van der Waals surface area contributed by atoms with Gasteiger partial charge >= 0.3 is 0 Å². The maximum atomic E-state index is 16.9. The van der Waals surface area contributed by atoms with Crippen LogP contribution in [0, 0.1) is 16.7 Å². The summed E-state index contributed by atoms with van der Waals surface area (Å²) in [7, 11) is -7.57. The molecule has 4 nitrogen and oxygen atoms in total. The first kappa shape index (κ1) is 67.4. The lowest BCUT2D eigenvalue weighted by Crippen LogP contribution is -2.42. The van der Waals surface area contributed by atoms with Crippen LogP contribution >= 0.6 is 10.3 Å². The summed E-state index contributed by atoms with van der Waals surface area (Å²) >= 11 is 0. The first-order valence-corrected chi connectivity index (χ1v) is 37.1. The molecule has 0 N–H and O–H groups in total. The van der Waals surface area contributed by atoms with E-state index in [1.165, 1.54) is 103 Å². The smallest absolute Gasteiger partial charge is 0.278 e. The van der Waals surface area contributed by atoms with E-state index in [1.54, 1.807) is 0 Å². The lowest BCUT2D eigenvalue weighted by molar-refractivity contribution is -0.128. The molecule has 2 unspecified atom stereocenters. The van der Waals surface area contributed by atoms with Crippen LogP contribution in [-0.2, 0) is 76.3 Å². The van der Waals surface area contributed by atoms with Crippen molar-refractivity contribution >= 4 is 26.2 Å². The second kappa shape index (κ2) is 34.4. The van der Waals surface area contributed by atoms with Gasteiger partial charge in [0.1, 0.15) is 5.78 Å². The standard InChI is InChI=1S/C73H120O4S2/c1-12-21-30-39-58-50-61(42-33-24-15-4)69(62(51-58)43-34-25-16-5)79(77-78(75,76)57-73-49-48-67(56-68(73)74)72(73,10)11,70-63(44-35-26-17-6)52-59(40-31-22-13-2)53-64(70)45-36-27-18-7)71-65(46-37-28-19-8)54-60(41-32-23-14-3)55-66(71)47-38-29-20-9/h50-55,67H,12-49,56-57H2,1-11H3. The number of carbonyl (C=O) groups is 1. The molecular formula is C73H120O4S2. The van der Waals surface area contributed by atoms with Crippen molar-refractivity contribution in [2.75, 3.05) is 5.75 Å². The number of rotatable bonds is 43. The molecule has 0 amide bonds. The molecule has 2 bridgehead atoms. The minimum atomic E-state index is -4.43. The zero-order chi connectivity index (χ0) is 57.3. The second-order valence-electron chi connectivity index (χ2n) is 25.8. The summed E-state index contributed by atoms with van der Waals surface area (Å²) < 4.78 is 42.2. The fraction of sp³-hybridized carbons (Fsp3) is 0.740. The van der Waals surface area contributed by atoms with Crippen LogP contribution in [0.3, 0.4) is 0 Å². The molecule has 0 saturated heterocycles. The van der Waals surface area contributed by atoms with Crippen LogP contribution in [0.25, 0.3) is 0 Å². The predicted octanol–water partition coefficient (Wildman–Crippen LogP) is 22.2. The predicted molar refractivity (Wildman–Crippen MR) is 344 cm³/mol. The highest BCUT2D eigenvalue weighted by molar-refractivity contribution is 8.33. The Kier molecular flexibility index (Phi) is 29.3. The van der Waals surface area contributed by atoms with Gasteiger partial charge in [-0.3, -0.25) is 4.79 Å². The maximum Gasteiger partial charge on any atom is 0.278 e. The van der Waals surface area contributed by atoms with Crippen LogP contribution in [0.2, 0.25) is 0 Å². The summed E-state index contributed by atoms with van der Waals surface area (Å²) in [5.41, 5.74) is 10.9. The third-order valence-electron chi connectivity index (χ3n) is 19.0. The summed E-state index contributed by atoms with van der Waals surface area (Å²) in [5.74, 6) is 0.112. The first-order valence-electron chi connectivity index (χ1n) is 33.9. The molecule has 0 radical (unpaired) electrons. The Morgan fingerprint density at radius 2 is 0.658 bits per heavy atom. The SMILES string of the molecule is CCCCCc1cc(CCCCC)c(S(OS(=O)(=O)CC23CCC(CC2=O)C3(C)C)(c2c(CCCCC)cc(CCCCC)cc2CCCCC)c2c(CCCCC)cc(CCCCC)cc2CCCCC)c(CCCCC)c1. The number of Topliss-reactive ketones (excluding diaryl/α,β-unsaturated/α-hetero) is 1. The molecule has 3 aromatic carbocycles. The van der Waals surface area contributed by atoms with E-state index in [9.17, 15) is 4.79 Å². The molecule has 2 saturated carbocycles. The fourth-order valence-corrected chi connectivity index (χ4v) is 21.6. The maximum absolute atomic E-state index is 16.9. The van der Waals surface area contributed by atoms with Gasteiger partial charge in [-0.2, -0.15) is 8.42 Å². The van der Waals surface area contributed by atoms with Gasteiger partial charge in [-0.05, 0) is 200 Å². The van der Waals surface area contributed by atoms with E-state index in [0.717, 1.165) is 199 Å². The average Bonchev–Trinajstić information content (AvgIpc) is 3.90. The number of hydrogen-bond donors (Lipinski definition) is 0. The largest absolute Gasteiger partial charge is 0.299 e. The molecule has 2 fully saturated rings. The number of ketones is 1. The van der Waals surface area contributed by atoms with Gasteiger partial charge in [-0.15, -0.1) is 0 Å². The molecular weight excluding hydrogens is 1000 g/mol. The van der Waals surface area contributed by atoms with E-state index in [1.807, 2.05) is 0 Å². The Balaban J connectivity index is 2.20. The third kappa shape index (κ3) is 17.8. The topological polar surface area (TPSA) is 60.4 Å². The molecule has 2 aliphatic carbocycles. The van der Waals surface area contributed by atoms with E-state index in [4.69, 9.17) is 3.63 Å². The molecule has 448 valence electrons. The van der Waals surface area contributed by atoms with Crippen LogP contribution in [0.5, 0.6) is 0 Å². The summed E-state index contributed by atoms with van der Waals surface area (Å²) in [5, 5.41) is 0. The number of benzene rings is 3. The normalized spacial score (nSPS) is 17.4. The first-order chi connectivity index (χ1) is 38.2. The van der Waals surface area contributed by atoms with Crippen LogP contribution in [0.4, 0.5) is 0 Å². The van der Waals surface area contributed by atoms with Crippen molar-refractivity contribution in [3.63, 3.8) is 0 Å². The van der Waals surface area contributed by atoms with Gasteiger partial charge < -0.3 is 0 Å². The highest BCUT2D eigenvalue weighted by Crippen LogP contribution is 2.76. The Morgan fingerprint density at radius 1 is 0.405 bits per heavy atom. The van der Waals surface area contributed by atoms with Crippen molar-refractivity contribution in [1.82, 2.24) is 0 Å². The van der Waals surface area contributed by atoms with Crippen LogP contribution in [0.15, 0.2) is 51.1 Å². The third-order valence-corrected chi connectivity index (χ3v) is 24.8. The number of unbranched alkanes of at least 4 members (excludes halogenated alkanes) is 18. The zero-order valence-electron chi connectivity index (χ0n) is 53.3. The van der Waals surface area contributed by atoms with Gasteiger partial charge in [0.2, 0.25) is 0 Å². The van der Waals surface area contributed by atoms with Crippen LogP contribution in [0.1, 0.15) is 319 Å². The Morgan fingerprint density at radius 3 is 0.873 bits per heavy atom. The minimum Gasteiger partial charge on any atom is -0.299 e. The summed E-state index contributed by atoms with van der Waals surface area (Å²) in [6, 6.07) is 15.5. The van der Waals surface area contributed by atoms with Crippen molar-refractivity contribution in [2.24, 2.45) is 16.7 Å². The lowest BCUT2D eigenvalue weighted by Gasteiger charge is -2.47. The van der Waals surface area contributed by atoms with E-state index in [-0.39, 0.29) is 17.5 Å². The van der Waals surface area contributed by atoms with Crippen molar-refractivity contribution in [3.8, 4) is 0 Å². The Labute approximate surface area is 490 Å². The Hall–Kier alpha value is -2.41. The molecule has 6 heteroatoms. The van der Waals surface area contributed by atoms with Crippen molar-refractivity contribution < 1.29 is 16.8 Å². The lowest BCUT2D eigenvalue weighted by atomic mass is 9.70. The van der Waals surface area contributed by atoms with Gasteiger partial charge in [-0.25, -0.2) is 3.63 Å². The molecule has 0 spiro atoms. The minimum absolute atomic E-state index is 0.146. The molecule has 0 aliphatic heterocycles. The average molecular weight is 1130 g/mol. The zero-order valence-corrected chi connectivity index (χ0v) is 54.9. The highest BCUT2D eigenvalue weighted by atomic mass is 32.3. The second-order valence-corrected chi connectivity index (χ2v) is 30.1. The number of aryl methyl sites for hydroxylation is 9. The van der Waals surface area contributed by atoms with E-state index in [0.29, 0.717) is 12.8 Å². The number of carbonyl (C=O) groups excluding carboxylic acids is 1. The van der Waals surface area contributed by atoms with Gasteiger partial charge in [0, 0.05) is 21.1 Å². The van der Waals surface area contributed by atoms with Crippen LogP contribution < -0.4 is 0 Å². The molecule has 2 atom stereocenters. The van der Waals surface area contributed by atoms with E-state index >= 15 is 8.42 Å². The van der Waals surface area contributed by atoms with E-state index < -0.39 is 31.3 Å². The van der Waals surface area contributed by atoms with Gasteiger partial charge in [-0.1, -0.05) is 228 Å². The summed E-state index contributed by atoms with van der Waals surface area (Å²) in [6.45, 7) is 25.3. The summed E-state index contributed by atoms with van der Waals surface area (Å²) in [6.07, 6.45) is 40.9. The molecule has 0 aromatic heterocycles. The van der Waals surface area contributed by atoms with Crippen molar-refractivity contribution in [1.29, 1.82) is 0 Å². The molecule has 2 aliphatic rings. The quantitative estimate of drug-likeness (QED) is 0.0530. The van der Waals surface area contributed by atoms with Crippen molar-refractivity contribution in [2.45, 2.75) is 341 Å². The van der Waals surface area contributed by atoms with Crippen LogP contribution in [-0.4, -0.2) is 20.0 Å². The van der Waals surface area contributed by atoms with Gasteiger partial charge in [0.05, 0.1) is 11.2 Å². The van der Waals surface area contributed by atoms with Crippen molar-refractivity contribution in [3.05, 3.63) is 86.5 Å². The molecule has 5 rings (SSSR count). The number of hydrogen-bond acceptors (Lipinski definition) is 4. The molecule has 3 aromatic rings. The van der Waals surface area contributed by atoms with Gasteiger partial charge in [0.25, 0.3) is 10.1 Å². The number of fused-ring (bicyclic) bond motifs is 2. The highest BCUT2D eigenvalue weighted by Gasteiger charge is 2.66. The summed E-state index contributed by atoms with van der Waals surface area (Å²) in [4.78, 5) is 18.5. The van der Waals surface area contributed by atoms with Gasteiger partial charge in [0.15, 0.2) is 0 Å². The monoisotopic (exact) mass is 1120 g/mol. The molecule has 79 heavy (non-hydrogen) atoms. The van der Waals surface area contributed by atoms with E-state index in [2.05, 4.69) is 113 Å². The molecule has 0 heterocycles.